The van der Waals surface area contributed by atoms with E-state index in [9.17, 15) is 4.79 Å². The van der Waals surface area contributed by atoms with Crippen LogP contribution in [0.5, 0.6) is 5.88 Å². The summed E-state index contributed by atoms with van der Waals surface area (Å²) < 4.78 is 9.94. The Bertz CT molecular complexity index is 554. The van der Waals surface area contributed by atoms with Gasteiger partial charge in [-0.3, -0.25) is 0 Å². The molecule has 0 radical (unpaired) electrons. The minimum atomic E-state index is -0.525. The van der Waals surface area contributed by atoms with E-state index in [4.69, 9.17) is 9.47 Å². The largest absolute Gasteiger partial charge is 0.479 e. The second-order valence-corrected chi connectivity index (χ2v) is 3.29. The molecule has 0 bridgehead atoms. The summed E-state index contributed by atoms with van der Waals surface area (Å²) in [5, 5.41) is 0. The van der Waals surface area contributed by atoms with Gasteiger partial charge in [0.05, 0.1) is 24.8 Å². The van der Waals surface area contributed by atoms with Crippen molar-refractivity contribution in [1.29, 1.82) is 0 Å². The molecule has 0 unspecified atom stereocenters. The number of nitrogens with zero attached hydrogens (tertiary/aromatic N) is 2. The number of para-hydroxylation sites is 2. The molecule has 88 valence electrons. The zero-order chi connectivity index (χ0) is 12.3. The van der Waals surface area contributed by atoms with Gasteiger partial charge in [-0.15, -0.1) is 0 Å². The number of hydrogen-bond acceptors (Lipinski definition) is 5. The van der Waals surface area contributed by atoms with E-state index in [2.05, 4.69) is 9.97 Å². The average Bonchev–Trinajstić information content (AvgIpc) is 2.37. The second-order valence-electron chi connectivity index (χ2n) is 3.29. The van der Waals surface area contributed by atoms with Crippen LogP contribution in [-0.4, -0.2) is 29.7 Å². The molecule has 1 heterocycles. The Kier molecular flexibility index (Phi) is 3.18. The quantitative estimate of drug-likeness (QED) is 0.755. The zero-order valence-electron chi connectivity index (χ0n) is 9.64. The summed E-state index contributed by atoms with van der Waals surface area (Å²) in [6.45, 7) is 2.02. The van der Waals surface area contributed by atoms with Crippen LogP contribution in [0.1, 0.15) is 17.4 Å². The van der Waals surface area contributed by atoms with Gasteiger partial charge in [-0.2, -0.15) is 0 Å². The summed E-state index contributed by atoms with van der Waals surface area (Å²) in [5.41, 5.74) is 1.42. The van der Waals surface area contributed by atoms with Crippen molar-refractivity contribution in [2.24, 2.45) is 0 Å². The zero-order valence-corrected chi connectivity index (χ0v) is 9.64. The highest BCUT2D eigenvalue weighted by Crippen LogP contribution is 2.19. The lowest BCUT2D eigenvalue weighted by Crippen LogP contribution is -2.10. The predicted octanol–water partition coefficient (Wildman–Crippen LogP) is 1.82. The number of carbonyl (C=O) groups excluding carboxylic acids is 1. The van der Waals surface area contributed by atoms with Crippen LogP contribution >= 0.6 is 0 Å². The Hall–Kier alpha value is -2.17. The van der Waals surface area contributed by atoms with E-state index in [0.29, 0.717) is 11.0 Å². The lowest BCUT2D eigenvalue weighted by atomic mass is 10.3. The van der Waals surface area contributed by atoms with Crippen LogP contribution in [0.4, 0.5) is 0 Å². The maximum atomic E-state index is 11.7. The van der Waals surface area contributed by atoms with Crippen LogP contribution < -0.4 is 4.74 Å². The SMILES string of the molecule is CCOC(=O)c1nc2ccccc2nc1OC. The fourth-order valence-electron chi connectivity index (χ4n) is 1.46. The van der Waals surface area contributed by atoms with Crippen molar-refractivity contribution in [1.82, 2.24) is 9.97 Å². The summed E-state index contributed by atoms with van der Waals surface area (Å²) >= 11 is 0. The van der Waals surface area contributed by atoms with Crippen LogP contribution in [0.15, 0.2) is 24.3 Å². The molecule has 5 heteroatoms. The van der Waals surface area contributed by atoms with Gasteiger partial charge in [-0.1, -0.05) is 12.1 Å². The minimum absolute atomic E-state index is 0.105. The van der Waals surface area contributed by atoms with Crippen molar-refractivity contribution in [2.45, 2.75) is 6.92 Å². The first-order valence-corrected chi connectivity index (χ1v) is 5.24. The molecule has 0 fully saturated rings. The van der Waals surface area contributed by atoms with Gasteiger partial charge in [0.2, 0.25) is 11.6 Å². The van der Waals surface area contributed by atoms with Gasteiger partial charge in [0.25, 0.3) is 0 Å². The number of rotatable bonds is 3. The molecule has 0 saturated heterocycles. The molecule has 0 saturated carbocycles. The van der Waals surface area contributed by atoms with E-state index in [-0.39, 0.29) is 18.2 Å². The number of esters is 1. The number of ether oxygens (including phenoxy) is 2. The molecular formula is C12H12N2O3. The van der Waals surface area contributed by atoms with E-state index in [1.54, 1.807) is 19.1 Å². The summed E-state index contributed by atoms with van der Waals surface area (Å²) in [6.07, 6.45) is 0. The van der Waals surface area contributed by atoms with E-state index >= 15 is 0 Å². The van der Waals surface area contributed by atoms with Gasteiger partial charge >= 0.3 is 5.97 Å². The molecule has 2 rings (SSSR count). The van der Waals surface area contributed by atoms with Crippen molar-refractivity contribution in [3.63, 3.8) is 0 Å². The highest BCUT2D eigenvalue weighted by Gasteiger charge is 2.17. The fraction of sp³-hybridized carbons (Fsp3) is 0.250. The first kappa shape index (κ1) is 11.3. The molecule has 0 aliphatic carbocycles. The summed E-state index contributed by atoms with van der Waals surface area (Å²) in [5.74, 6) is -0.343. The lowest BCUT2D eigenvalue weighted by molar-refractivity contribution is 0.0515. The Labute approximate surface area is 98.4 Å². The van der Waals surface area contributed by atoms with Crippen molar-refractivity contribution >= 4 is 17.0 Å². The van der Waals surface area contributed by atoms with Gasteiger partial charge in [0.15, 0.2) is 0 Å². The summed E-state index contributed by atoms with van der Waals surface area (Å²) in [6, 6.07) is 7.27. The van der Waals surface area contributed by atoms with Gasteiger partial charge in [0.1, 0.15) is 0 Å². The molecule has 2 aromatic rings. The average molecular weight is 232 g/mol. The van der Waals surface area contributed by atoms with E-state index in [1.807, 2.05) is 12.1 Å². The van der Waals surface area contributed by atoms with Crippen LogP contribution in [0, 0.1) is 0 Å². The maximum Gasteiger partial charge on any atom is 0.362 e. The molecule has 0 aliphatic rings. The number of aromatic nitrogens is 2. The third kappa shape index (κ3) is 2.18. The molecule has 1 aromatic heterocycles. The number of carbonyl (C=O) groups is 1. The predicted molar refractivity (Wildman–Crippen MR) is 62.0 cm³/mol. The van der Waals surface area contributed by atoms with E-state index < -0.39 is 5.97 Å². The summed E-state index contributed by atoms with van der Waals surface area (Å²) in [4.78, 5) is 20.1. The molecular weight excluding hydrogens is 220 g/mol. The molecule has 0 aliphatic heterocycles. The first-order valence-electron chi connectivity index (χ1n) is 5.24. The molecule has 0 spiro atoms. The molecule has 5 nitrogen and oxygen atoms in total. The normalized spacial score (nSPS) is 10.2. The van der Waals surface area contributed by atoms with Gasteiger partial charge < -0.3 is 9.47 Å². The van der Waals surface area contributed by atoms with Crippen LogP contribution in [0.3, 0.4) is 0 Å². The molecule has 0 N–H and O–H groups in total. The van der Waals surface area contributed by atoms with Gasteiger partial charge in [-0.05, 0) is 19.1 Å². The van der Waals surface area contributed by atoms with Gasteiger partial charge in [0, 0.05) is 0 Å². The van der Waals surface area contributed by atoms with Crippen molar-refractivity contribution < 1.29 is 14.3 Å². The Morgan fingerprint density at radius 3 is 2.47 bits per heavy atom. The maximum absolute atomic E-state index is 11.7. The topological polar surface area (TPSA) is 61.3 Å². The Morgan fingerprint density at radius 2 is 1.88 bits per heavy atom. The molecule has 1 aromatic carbocycles. The van der Waals surface area contributed by atoms with E-state index in [0.717, 1.165) is 0 Å². The van der Waals surface area contributed by atoms with Crippen molar-refractivity contribution in [3.05, 3.63) is 30.0 Å². The number of fused-ring (bicyclic) bond motifs is 1. The molecule has 0 atom stereocenters. The van der Waals surface area contributed by atoms with Crippen molar-refractivity contribution in [3.8, 4) is 5.88 Å². The highest BCUT2D eigenvalue weighted by atomic mass is 16.5. The third-order valence-electron chi connectivity index (χ3n) is 2.20. The smallest absolute Gasteiger partial charge is 0.362 e. The highest BCUT2D eigenvalue weighted by molar-refractivity contribution is 5.92. The monoisotopic (exact) mass is 232 g/mol. The minimum Gasteiger partial charge on any atom is -0.479 e. The standard InChI is InChI=1S/C12H12N2O3/c1-3-17-12(15)10-11(16-2)14-9-7-5-4-6-8(9)13-10/h4-7H,3H2,1-2H3. The lowest BCUT2D eigenvalue weighted by Gasteiger charge is -2.07. The van der Waals surface area contributed by atoms with Crippen LogP contribution in [0.25, 0.3) is 11.0 Å². The van der Waals surface area contributed by atoms with Crippen LogP contribution in [-0.2, 0) is 4.74 Å². The fourth-order valence-corrected chi connectivity index (χ4v) is 1.46. The second kappa shape index (κ2) is 4.78. The Balaban J connectivity index is 2.56. The Morgan fingerprint density at radius 1 is 1.24 bits per heavy atom. The number of benzene rings is 1. The molecule has 0 amide bonds. The van der Waals surface area contributed by atoms with Crippen molar-refractivity contribution in [2.75, 3.05) is 13.7 Å². The number of methoxy groups -OCH3 is 1. The number of hydrogen-bond donors (Lipinski definition) is 0. The van der Waals surface area contributed by atoms with E-state index in [1.165, 1.54) is 7.11 Å². The first-order chi connectivity index (χ1) is 8.26. The third-order valence-corrected chi connectivity index (χ3v) is 2.20. The molecule has 17 heavy (non-hydrogen) atoms. The summed E-state index contributed by atoms with van der Waals surface area (Å²) in [7, 11) is 1.45. The van der Waals surface area contributed by atoms with Crippen LogP contribution in [0.2, 0.25) is 0 Å². The van der Waals surface area contributed by atoms with Gasteiger partial charge in [-0.25, -0.2) is 14.8 Å².